The number of carbonyl (C=O) groups excluding carboxylic acids is 1. The van der Waals surface area contributed by atoms with Crippen LogP contribution in [-0.2, 0) is 0 Å². The molecule has 0 aliphatic carbocycles. The van der Waals surface area contributed by atoms with Gasteiger partial charge in [0.1, 0.15) is 18.1 Å². The van der Waals surface area contributed by atoms with Crippen LogP contribution >= 0.6 is 0 Å². The van der Waals surface area contributed by atoms with Crippen molar-refractivity contribution in [3.8, 4) is 22.6 Å². The van der Waals surface area contributed by atoms with Crippen molar-refractivity contribution >= 4 is 11.9 Å². The lowest BCUT2D eigenvalue weighted by Crippen LogP contribution is -2.20. The summed E-state index contributed by atoms with van der Waals surface area (Å²) in [7, 11) is 8.11. The molecule has 0 radical (unpaired) electrons. The molecule has 0 atom stereocenters. The van der Waals surface area contributed by atoms with Crippen molar-refractivity contribution in [2.45, 2.75) is 20.3 Å². The summed E-state index contributed by atoms with van der Waals surface area (Å²) in [6, 6.07) is 20.1. The van der Waals surface area contributed by atoms with E-state index in [0.29, 0.717) is 24.5 Å². The van der Waals surface area contributed by atoms with Crippen LogP contribution < -0.4 is 9.47 Å². The molecule has 0 heterocycles. The van der Waals surface area contributed by atoms with Crippen LogP contribution in [0.3, 0.4) is 0 Å². The van der Waals surface area contributed by atoms with Crippen LogP contribution in [-0.4, -0.2) is 70.1 Å². The molecule has 37 heavy (non-hydrogen) atoms. The monoisotopic (exact) mass is 500 g/mol. The Bertz CT molecular complexity index is 1190. The molecule has 3 aromatic rings. The zero-order chi connectivity index (χ0) is 26.8. The maximum absolute atomic E-state index is 13.5. The average Bonchev–Trinajstić information content (AvgIpc) is 2.85. The Morgan fingerprint density at radius 3 is 2.14 bits per heavy atom. The molecule has 0 unspecified atom stereocenters. The molecule has 0 spiro atoms. The molecule has 196 valence electrons. The number of ether oxygens (including phenoxy) is 2. The number of allylic oxidation sites excluding steroid dienone is 1. The van der Waals surface area contributed by atoms with Gasteiger partial charge >= 0.3 is 0 Å². The van der Waals surface area contributed by atoms with E-state index < -0.39 is 0 Å². The Balaban J connectivity index is 1.86. The average molecular weight is 501 g/mol. The lowest BCUT2D eigenvalue weighted by Gasteiger charge is -2.15. The van der Waals surface area contributed by atoms with Crippen molar-refractivity contribution in [3.63, 3.8) is 0 Å². The van der Waals surface area contributed by atoms with Gasteiger partial charge in [-0.3, -0.25) is 4.79 Å². The molecule has 3 aromatic carbocycles. The van der Waals surface area contributed by atoms with E-state index in [-0.39, 0.29) is 5.78 Å². The fourth-order valence-electron chi connectivity index (χ4n) is 4.08. The van der Waals surface area contributed by atoms with Gasteiger partial charge in [-0.25, -0.2) is 0 Å². The van der Waals surface area contributed by atoms with Crippen molar-refractivity contribution < 1.29 is 14.3 Å². The number of likely N-dealkylation sites (N-methyl/N-ethyl adjacent to an activating group) is 1. The smallest absolute Gasteiger partial charge is 0.189 e. The van der Waals surface area contributed by atoms with E-state index in [2.05, 4.69) is 55.9 Å². The van der Waals surface area contributed by atoms with E-state index >= 15 is 0 Å². The van der Waals surface area contributed by atoms with Gasteiger partial charge in [0.2, 0.25) is 0 Å². The first-order valence-electron chi connectivity index (χ1n) is 12.8. The van der Waals surface area contributed by atoms with E-state index in [1.54, 1.807) is 6.08 Å². The summed E-state index contributed by atoms with van der Waals surface area (Å²) < 4.78 is 12.0. The van der Waals surface area contributed by atoms with Gasteiger partial charge in [-0.05, 0) is 89.9 Å². The van der Waals surface area contributed by atoms with Gasteiger partial charge in [0, 0.05) is 18.7 Å². The van der Waals surface area contributed by atoms with E-state index in [1.165, 1.54) is 11.1 Å². The highest BCUT2D eigenvalue weighted by Crippen LogP contribution is 2.29. The predicted molar refractivity (Wildman–Crippen MR) is 154 cm³/mol. The quantitative estimate of drug-likeness (QED) is 0.160. The Morgan fingerprint density at radius 1 is 0.757 bits per heavy atom. The predicted octanol–water partition coefficient (Wildman–Crippen LogP) is 6.14. The molecule has 5 heteroatoms. The van der Waals surface area contributed by atoms with Crippen LogP contribution in [0.1, 0.15) is 33.5 Å². The molecular weight excluding hydrogens is 460 g/mol. The Hall–Kier alpha value is -3.41. The minimum absolute atomic E-state index is 0.103. The number of rotatable bonds is 13. The normalized spacial score (nSPS) is 11.5. The SMILES string of the molecule is Cc1cc(C)cc(-c2ccc(OCCN(C)C)c(C(=O)C=Cc3ccccc3OCCCN(C)C)c2)c1. The van der Waals surface area contributed by atoms with Crippen molar-refractivity contribution in [2.24, 2.45) is 0 Å². The van der Waals surface area contributed by atoms with Crippen LogP contribution in [0.4, 0.5) is 0 Å². The summed E-state index contributed by atoms with van der Waals surface area (Å²) >= 11 is 0. The number of nitrogens with zero attached hydrogens (tertiary/aromatic N) is 2. The molecular formula is C32H40N2O3. The largest absolute Gasteiger partial charge is 0.493 e. The molecule has 0 aliphatic rings. The topological polar surface area (TPSA) is 42.0 Å². The van der Waals surface area contributed by atoms with Gasteiger partial charge in [0.25, 0.3) is 0 Å². The first kappa shape index (κ1) is 28.2. The fraction of sp³-hybridized carbons (Fsp3) is 0.344. The lowest BCUT2D eigenvalue weighted by atomic mass is 9.97. The summed E-state index contributed by atoms with van der Waals surface area (Å²) in [5.41, 5.74) is 5.89. The van der Waals surface area contributed by atoms with E-state index in [9.17, 15) is 4.79 Å². The van der Waals surface area contributed by atoms with Crippen LogP contribution in [0, 0.1) is 13.8 Å². The third kappa shape index (κ3) is 8.88. The highest BCUT2D eigenvalue weighted by molar-refractivity contribution is 6.09. The first-order chi connectivity index (χ1) is 17.7. The van der Waals surface area contributed by atoms with Crippen LogP contribution in [0.15, 0.2) is 66.7 Å². The first-order valence-corrected chi connectivity index (χ1v) is 12.8. The van der Waals surface area contributed by atoms with Gasteiger partial charge in [-0.2, -0.15) is 0 Å². The summed E-state index contributed by atoms with van der Waals surface area (Å²) in [5.74, 6) is 1.27. The van der Waals surface area contributed by atoms with Gasteiger partial charge < -0.3 is 19.3 Å². The van der Waals surface area contributed by atoms with Crippen molar-refractivity contribution in [2.75, 3.05) is 54.5 Å². The maximum Gasteiger partial charge on any atom is 0.189 e. The van der Waals surface area contributed by atoms with Crippen molar-refractivity contribution in [3.05, 3.63) is 89.0 Å². The zero-order valence-electron chi connectivity index (χ0n) is 23.1. The Morgan fingerprint density at radius 2 is 1.43 bits per heavy atom. The molecule has 0 saturated heterocycles. The van der Waals surface area contributed by atoms with Crippen LogP contribution in [0.5, 0.6) is 11.5 Å². The highest BCUT2D eigenvalue weighted by Gasteiger charge is 2.14. The van der Waals surface area contributed by atoms with Gasteiger partial charge in [-0.1, -0.05) is 53.6 Å². The summed E-state index contributed by atoms with van der Waals surface area (Å²) in [4.78, 5) is 17.7. The third-order valence-corrected chi connectivity index (χ3v) is 5.94. The van der Waals surface area contributed by atoms with Crippen molar-refractivity contribution in [1.82, 2.24) is 9.80 Å². The molecule has 0 saturated carbocycles. The van der Waals surface area contributed by atoms with E-state index in [4.69, 9.17) is 9.47 Å². The second-order valence-corrected chi connectivity index (χ2v) is 9.98. The number of para-hydroxylation sites is 1. The molecule has 0 aromatic heterocycles. The molecule has 5 nitrogen and oxygen atoms in total. The molecule has 0 fully saturated rings. The number of benzene rings is 3. The second-order valence-electron chi connectivity index (χ2n) is 9.98. The minimum Gasteiger partial charge on any atom is -0.493 e. The maximum atomic E-state index is 13.5. The summed E-state index contributed by atoms with van der Waals surface area (Å²) in [5, 5.41) is 0. The summed E-state index contributed by atoms with van der Waals surface area (Å²) in [6.45, 7) is 7.03. The third-order valence-electron chi connectivity index (χ3n) is 5.94. The standard InChI is InChI=1S/C32H40N2O3/c1-24-20-25(2)22-28(21-24)27-13-15-32(37-19-17-34(5)6)29(23-27)30(35)14-12-26-10-7-8-11-31(26)36-18-9-16-33(3)4/h7-8,10-15,20-23H,9,16-19H2,1-6H3. The highest BCUT2D eigenvalue weighted by atomic mass is 16.5. The molecule has 3 rings (SSSR count). The number of carbonyl (C=O) groups is 1. The molecule has 0 aliphatic heterocycles. The lowest BCUT2D eigenvalue weighted by molar-refractivity contribution is 0.104. The second kappa shape index (κ2) is 13.8. The minimum atomic E-state index is -0.103. The van der Waals surface area contributed by atoms with Gasteiger partial charge in [0.05, 0.1) is 12.2 Å². The Labute approximate surface area is 222 Å². The number of ketones is 1. The number of aryl methyl sites for hydroxylation is 2. The van der Waals surface area contributed by atoms with Crippen molar-refractivity contribution in [1.29, 1.82) is 0 Å². The van der Waals surface area contributed by atoms with E-state index in [1.807, 2.05) is 62.6 Å². The number of hydrogen-bond donors (Lipinski definition) is 0. The van der Waals surface area contributed by atoms with E-state index in [0.717, 1.165) is 42.0 Å². The fourth-order valence-corrected chi connectivity index (χ4v) is 4.08. The van der Waals surface area contributed by atoms with Crippen LogP contribution in [0.25, 0.3) is 17.2 Å². The summed E-state index contributed by atoms with van der Waals surface area (Å²) in [6.07, 6.45) is 4.38. The van der Waals surface area contributed by atoms with Gasteiger partial charge in [-0.15, -0.1) is 0 Å². The van der Waals surface area contributed by atoms with Gasteiger partial charge in [0.15, 0.2) is 5.78 Å². The number of hydrogen-bond acceptors (Lipinski definition) is 5. The molecule has 0 amide bonds. The molecule has 0 bridgehead atoms. The van der Waals surface area contributed by atoms with Crippen LogP contribution in [0.2, 0.25) is 0 Å². The zero-order valence-corrected chi connectivity index (χ0v) is 23.1. The molecule has 0 N–H and O–H groups in total. The Kier molecular flexibility index (Phi) is 10.5.